The van der Waals surface area contributed by atoms with E-state index in [1.54, 1.807) is 0 Å². The van der Waals surface area contributed by atoms with Crippen molar-refractivity contribution in [2.45, 2.75) is 58.9 Å². The monoisotopic (exact) mass is 157 g/mol. The molecule has 68 valence electrons. The van der Waals surface area contributed by atoms with Gasteiger partial charge in [0.05, 0.1) is 0 Å². The van der Waals surface area contributed by atoms with Gasteiger partial charge in [0.25, 0.3) is 0 Å². The molecular formula is C10H23N. The van der Waals surface area contributed by atoms with Crippen molar-refractivity contribution in [3.05, 3.63) is 0 Å². The highest BCUT2D eigenvalue weighted by molar-refractivity contribution is 4.62. The van der Waals surface area contributed by atoms with Gasteiger partial charge in [-0.2, -0.15) is 0 Å². The van der Waals surface area contributed by atoms with Crippen molar-refractivity contribution in [1.82, 2.24) is 0 Å². The Morgan fingerprint density at radius 3 is 2.27 bits per heavy atom. The SMILES string of the molecule is CCCCCC(N)CC(C)C. The Kier molecular flexibility index (Phi) is 6.63. The normalized spacial score (nSPS) is 13.9. The molecule has 0 aliphatic carbocycles. The fraction of sp³-hybridized carbons (Fsp3) is 1.00. The smallest absolute Gasteiger partial charge is 0.00412 e. The highest BCUT2D eigenvalue weighted by Gasteiger charge is 2.03. The van der Waals surface area contributed by atoms with Crippen LogP contribution in [0.25, 0.3) is 0 Å². The standard InChI is InChI=1S/C10H23N/c1-4-5-6-7-10(11)8-9(2)3/h9-10H,4-8,11H2,1-3H3. The van der Waals surface area contributed by atoms with Gasteiger partial charge in [-0.3, -0.25) is 0 Å². The van der Waals surface area contributed by atoms with Crippen LogP contribution in [0, 0.1) is 5.92 Å². The summed E-state index contributed by atoms with van der Waals surface area (Å²) >= 11 is 0. The topological polar surface area (TPSA) is 26.0 Å². The van der Waals surface area contributed by atoms with Crippen molar-refractivity contribution in [2.75, 3.05) is 0 Å². The zero-order chi connectivity index (χ0) is 8.69. The van der Waals surface area contributed by atoms with Gasteiger partial charge in [0.1, 0.15) is 0 Å². The van der Waals surface area contributed by atoms with Crippen LogP contribution in [-0.4, -0.2) is 6.04 Å². The Labute approximate surface area is 71.4 Å². The molecule has 1 unspecified atom stereocenters. The van der Waals surface area contributed by atoms with E-state index in [-0.39, 0.29) is 0 Å². The average molecular weight is 157 g/mol. The molecule has 0 saturated carbocycles. The summed E-state index contributed by atoms with van der Waals surface area (Å²) in [5.74, 6) is 0.756. The fourth-order valence-corrected chi connectivity index (χ4v) is 1.38. The lowest BCUT2D eigenvalue weighted by atomic mass is 9.99. The van der Waals surface area contributed by atoms with Crippen molar-refractivity contribution in [2.24, 2.45) is 11.7 Å². The van der Waals surface area contributed by atoms with Crippen molar-refractivity contribution in [3.8, 4) is 0 Å². The maximum absolute atomic E-state index is 5.92. The molecule has 0 aromatic heterocycles. The lowest BCUT2D eigenvalue weighted by Gasteiger charge is -2.12. The maximum Gasteiger partial charge on any atom is 0.00412 e. The third kappa shape index (κ3) is 7.86. The molecule has 0 heterocycles. The summed E-state index contributed by atoms with van der Waals surface area (Å²) in [6.07, 6.45) is 6.35. The lowest BCUT2D eigenvalue weighted by molar-refractivity contribution is 0.456. The highest BCUT2D eigenvalue weighted by Crippen LogP contribution is 2.09. The number of hydrogen-bond donors (Lipinski definition) is 1. The molecule has 0 rings (SSSR count). The Morgan fingerprint density at radius 1 is 1.18 bits per heavy atom. The minimum Gasteiger partial charge on any atom is -0.328 e. The summed E-state index contributed by atoms with van der Waals surface area (Å²) in [5.41, 5.74) is 5.92. The summed E-state index contributed by atoms with van der Waals surface area (Å²) in [6, 6.07) is 0.446. The second-order valence-corrected chi connectivity index (χ2v) is 3.89. The first-order chi connectivity index (χ1) is 5.16. The number of unbranched alkanes of at least 4 members (excludes halogenated alkanes) is 2. The van der Waals surface area contributed by atoms with Crippen molar-refractivity contribution in [1.29, 1.82) is 0 Å². The first-order valence-electron chi connectivity index (χ1n) is 4.92. The lowest BCUT2D eigenvalue weighted by Crippen LogP contribution is -2.21. The van der Waals surface area contributed by atoms with Crippen molar-refractivity contribution in [3.63, 3.8) is 0 Å². The van der Waals surface area contributed by atoms with E-state index in [4.69, 9.17) is 5.73 Å². The van der Waals surface area contributed by atoms with Gasteiger partial charge in [0.2, 0.25) is 0 Å². The van der Waals surface area contributed by atoms with Crippen LogP contribution >= 0.6 is 0 Å². The molecule has 0 fully saturated rings. The van der Waals surface area contributed by atoms with Gasteiger partial charge < -0.3 is 5.73 Å². The maximum atomic E-state index is 5.92. The Balaban J connectivity index is 3.15. The average Bonchev–Trinajstić information content (AvgIpc) is 1.86. The highest BCUT2D eigenvalue weighted by atomic mass is 14.6. The second-order valence-electron chi connectivity index (χ2n) is 3.89. The molecule has 1 atom stereocenters. The van der Waals surface area contributed by atoms with E-state index >= 15 is 0 Å². The molecule has 0 aliphatic heterocycles. The minimum atomic E-state index is 0.446. The van der Waals surface area contributed by atoms with Gasteiger partial charge in [-0.05, 0) is 18.8 Å². The van der Waals surface area contributed by atoms with Gasteiger partial charge in [-0.1, -0.05) is 40.0 Å². The van der Waals surface area contributed by atoms with Crippen molar-refractivity contribution < 1.29 is 0 Å². The quantitative estimate of drug-likeness (QED) is 0.589. The molecule has 11 heavy (non-hydrogen) atoms. The zero-order valence-corrected chi connectivity index (χ0v) is 8.27. The van der Waals surface area contributed by atoms with E-state index in [9.17, 15) is 0 Å². The molecular weight excluding hydrogens is 134 g/mol. The number of nitrogens with two attached hydrogens (primary N) is 1. The molecule has 0 aromatic rings. The summed E-state index contributed by atoms with van der Waals surface area (Å²) < 4.78 is 0. The van der Waals surface area contributed by atoms with E-state index in [1.807, 2.05) is 0 Å². The van der Waals surface area contributed by atoms with Crippen molar-refractivity contribution >= 4 is 0 Å². The van der Waals surface area contributed by atoms with Gasteiger partial charge in [-0.25, -0.2) is 0 Å². The summed E-state index contributed by atoms with van der Waals surface area (Å²) in [6.45, 7) is 6.70. The van der Waals surface area contributed by atoms with Crippen LogP contribution in [0.2, 0.25) is 0 Å². The minimum absolute atomic E-state index is 0.446. The van der Waals surface area contributed by atoms with Crippen LogP contribution in [0.1, 0.15) is 52.9 Å². The van der Waals surface area contributed by atoms with Crippen LogP contribution < -0.4 is 5.73 Å². The molecule has 0 saturated heterocycles. The largest absolute Gasteiger partial charge is 0.328 e. The first-order valence-corrected chi connectivity index (χ1v) is 4.92. The van der Waals surface area contributed by atoms with Gasteiger partial charge >= 0.3 is 0 Å². The van der Waals surface area contributed by atoms with E-state index in [1.165, 1.54) is 32.1 Å². The van der Waals surface area contributed by atoms with Gasteiger partial charge in [-0.15, -0.1) is 0 Å². The summed E-state index contributed by atoms with van der Waals surface area (Å²) in [5, 5.41) is 0. The predicted molar refractivity (Wildman–Crippen MR) is 51.6 cm³/mol. The Bertz CT molecular complexity index is 78.9. The molecule has 2 N–H and O–H groups in total. The van der Waals surface area contributed by atoms with Crippen LogP contribution in [0.5, 0.6) is 0 Å². The number of hydrogen-bond acceptors (Lipinski definition) is 1. The predicted octanol–water partition coefficient (Wildman–Crippen LogP) is 2.94. The molecule has 0 radical (unpaired) electrons. The van der Waals surface area contributed by atoms with Crippen LogP contribution in [0.15, 0.2) is 0 Å². The Morgan fingerprint density at radius 2 is 1.82 bits per heavy atom. The first kappa shape index (κ1) is 11.0. The molecule has 0 bridgehead atoms. The molecule has 0 amide bonds. The van der Waals surface area contributed by atoms with Crippen LogP contribution in [0.4, 0.5) is 0 Å². The third-order valence-electron chi connectivity index (χ3n) is 1.95. The van der Waals surface area contributed by atoms with Gasteiger partial charge in [0, 0.05) is 6.04 Å². The van der Waals surface area contributed by atoms with Crippen LogP contribution in [-0.2, 0) is 0 Å². The van der Waals surface area contributed by atoms with E-state index in [2.05, 4.69) is 20.8 Å². The van der Waals surface area contributed by atoms with E-state index < -0.39 is 0 Å². The molecule has 0 aliphatic rings. The second kappa shape index (κ2) is 6.66. The third-order valence-corrected chi connectivity index (χ3v) is 1.95. The molecule has 1 nitrogen and oxygen atoms in total. The molecule has 0 aromatic carbocycles. The molecule has 0 spiro atoms. The van der Waals surface area contributed by atoms with Crippen LogP contribution in [0.3, 0.4) is 0 Å². The molecule has 1 heteroatoms. The van der Waals surface area contributed by atoms with E-state index in [0.29, 0.717) is 6.04 Å². The fourth-order valence-electron chi connectivity index (χ4n) is 1.38. The number of rotatable bonds is 6. The zero-order valence-electron chi connectivity index (χ0n) is 8.27. The van der Waals surface area contributed by atoms with Gasteiger partial charge in [0.15, 0.2) is 0 Å². The van der Waals surface area contributed by atoms with E-state index in [0.717, 1.165) is 5.92 Å². The summed E-state index contributed by atoms with van der Waals surface area (Å²) in [7, 11) is 0. The Hall–Kier alpha value is -0.0400. The summed E-state index contributed by atoms with van der Waals surface area (Å²) in [4.78, 5) is 0.